The molecule has 0 spiro atoms. The Kier molecular flexibility index (Phi) is 10.5. The van der Waals surface area contributed by atoms with Crippen molar-refractivity contribution in [3.63, 3.8) is 0 Å². The summed E-state index contributed by atoms with van der Waals surface area (Å²) in [6, 6.07) is 21.3. The highest BCUT2D eigenvalue weighted by Gasteiger charge is 2.24. The molecule has 0 saturated carbocycles. The molecule has 0 amide bonds. The lowest BCUT2D eigenvalue weighted by Crippen LogP contribution is -2.49. The first-order valence-electron chi connectivity index (χ1n) is 20.6. The maximum absolute atomic E-state index is 7.37. The zero-order valence-corrected chi connectivity index (χ0v) is 35.8. The second kappa shape index (κ2) is 17.7. The van der Waals surface area contributed by atoms with Crippen LogP contribution in [0, 0.1) is 13.1 Å². The number of hydrogen-bond acceptors (Lipinski definition) is 19. The van der Waals surface area contributed by atoms with Crippen molar-refractivity contribution in [3.8, 4) is 51.0 Å². The van der Waals surface area contributed by atoms with Crippen LogP contribution >= 0.6 is 0 Å². The van der Waals surface area contributed by atoms with Crippen molar-refractivity contribution >= 4 is 34.6 Å². The van der Waals surface area contributed by atoms with Gasteiger partial charge >= 0.3 is 0 Å². The normalized spacial score (nSPS) is 11.1. The van der Waals surface area contributed by atoms with E-state index in [2.05, 4.69) is 85.7 Å². The van der Waals surface area contributed by atoms with Crippen LogP contribution in [0.15, 0.2) is 129 Å². The van der Waals surface area contributed by atoms with E-state index in [0.29, 0.717) is 85.3 Å². The van der Waals surface area contributed by atoms with Crippen LogP contribution in [-0.4, -0.2) is 114 Å². The van der Waals surface area contributed by atoms with Crippen molar-refractivity contribution < 1.29 is 4.80 Å². The van der Waals surface area contributed by atoms with Gasteiger partial charge in [0, 0.05) is 29.9 Å². The summed E-state index contributed by atoms with van der Waals surface area (Å²) in [5.41, 5.74) is 19.3. The van der Waals surface area contributed by atoms with Gasteiger partial charge in [0.15, 0.2) is 40.9 Å². The van der Waals surface area contributed by atoms with Crippen LogP contribution in [0.3, 0.4) is 0 Å². The molecular weight excluding hydrogens is 897 g/mol. The molecule has 70 heavy (non-hydrogen) atoms. The first-order valence-corrected chi connectivity index (χ1v) is 20.6. The summed E-state index contributed by atoms with van der Waals surface area (Å²) >= 11 is 0. The Balaban J connectivity index is 0.000000152. The quantitative estimate of drug-likeness (QED) is 0.147. The van der Waals surface area contributed by atoms with E-state index in [9.17, 15) is 0 Å². The summed E-state index contributed by atoms with van der Waals surface area (Å²) in [4.78, 5) is 48.6. The van der Waals surface area contributed by atoms with Crippen LogP contribution in [0.2, 0.25) is 0 Å². The van der Waals surface area contributed by atoms with E-state index in [4.69, 9.17) is 34.6 Å². The number of fused-ring (bicyclic) bond motifs is 2. The lowest BCUT2D eigenvalue weighted by Gasteiger charge is -2.11. The second-order valence-electron chi connectivity index (χ2n) is 14.6. The summed E-state index contributed by atoms with van der Waals surface area (Å²) in [6.45, 7) is 15.1. The Bertz CT molecular complexity index is 3890. The van der Waals surface area contributed by atoms with Crippen LogP contribution in [0.1, 0.15) is 11.6 Å². The Hall–Kier alpha value is -11.2. The fourth-order valence-electron chi connectivity index (χ4n) is 7.25. The highest BCUT2D eigenvalue weighted by atomic mass is 15.8. The van der Waals surface area contributed by atoms with Crippen LogP contribution in [0.5, 0.6) is 0 Å². The molecule has 0 radical (unpaired) electrons. The molecule has 0 unspecified atom stereocenters. The van der Waals surface area contributed by atoms with E-state index < -0.39 is 0 Å². The van der Waals surface area contributed by atoms with Gasteiger partial charge in [0.1, 0.15) is 25.4 Å². The van der Waals surface area contributed by atoms with Crippen LogP contribution in [0.4, 0.5) is 23.3 Å². The summed E-state index contributed by atoms with van der Waals surface area (Å²) in [6.07, 6.45) is 14.4. The molecule has 0 saturated heterocycles. The molecule has 28 nitrogen and oxygen atoms in total. The molecule has 4 N–H and O–H groups in total. The maximum atomic E-state index is 7.37. The minimum absolute atomic E-state index is 0.128. The summed E-state index contributed by atoms with van der Waals surface area (Å²) < 4.78 is 4.41. The third-order valence-corrected chi connectivity index (χ3v) is 10.2. The SMILES string of the molecule is [C-]#[N+]c1cccc(-c2nc(N)n3nc(C[n+]4nncn4-n4cccn4)nc3c2-c2ccncn2)c1.[C-]#[N+]c1cccc(-c2nc(N)n3nc(Cn4nnc(-n5cccn5)n4)nc3c2-c2ccncn2)c1. The molecule has 0 aliphatic carbocycles. The van der Waals surface area contributed by atoms with Crippen molar-refractivity contribution in [2.45, 2.75) is 13.1 Å². The van der Waals surface area contributed by atoms with E-state index >= 15 is 0 Å². The Morgan fingerprint density at radius 2 is 1.26 bits per heavy atom. The van der Waals surface area contributed by atoms with Gasteiger partial charge in [-0.05, 0) is 57.5 Å². The van der Waals surface area contributed by atoms with E-state index in [0.717, 1.165) is 0 Å². The van der Waals surface area contributed by atoms with E-state index in [1.165, 1.54) is 37.5 Å². The molecule has 0 atom stereocenters. The molecule has 28 heteroatoms. The first kappa shape index (κ1) is 41.5. The average molecular weight is 926 g/mol. The highest BCUT2D eigenvalue weighted by Crippen LogP contribution is 2.36. The number of rotatable bonds is 10. The number of tetrazole rings is 2. The molecule has 0 aliphatic heterocycles. The monoisotopic (exact) mass is 925 g/mol. The summed E-state index contributed by atoms with van der Waals surface area (Å²) in [7, 11) is 0. The number of benzene rings is 2. The van der Waals surface area contributed by atoms with Gasteiger partial charge in [-0.15, -0.1) is 15.3 Å². The van der Waals surface area contributed by atoms with Crippen molar-refractivity contribution in [1.29, 1.82) is 0 Å². The fourth-order valence-corrected chi connectivity index (χ4v) is 7.25. The van der Waals surface area contributed by atoms with Gasteiger partial charge < -0.3 is 11.5 Å². The maximum Gasteiger partial charge on any atom is 0.290 e. The number of aromatic nitrogens is 24. The van der Waals surface area contributed by atoms with Crippen molar-refractivity contribution in [2.24, 2.45) is 0 Å². The topological polar surface area (TPSA) is 312 Å². The summed E-state index contributed by atoms with van der Waals surface area (Å²) in [5.74, 6) is 1.41. The zero-order chi connectivity index (χ0) is 47.6. The molecule has 10 heterocycles. The van der Waals surface area contributed by atoms with E-state index in [1.54, 1.807) is 112 Å². The summed E-state index contributed by atoms with van der Waals surface area (Å²) in [5, 5.41) is 37.8. The number of anilines is 2. The van der Waals surface area contributed by atoms with Crippen LogP contribution in [-0.2, 0) is 13.1 Å². The van der Waals surface area contributed by atoms with Gasteiger partial charge in [0.05, 0.1) is 58.5 Å². The lowest BCUT2D eigenvalue weighted by atomic mass is 10.0. The van der Waals surface area contributed by atoms with E-state index in [-0.39, 0.29) is 25.0 Å². The smallest absolute Gasteiger partial charge is 0.290 e. The van der Waals surface area contributed by atoms with E-state index in [1.807, 2.05) is 12.1 Å². The Labute approximate surface area is 391 Å². The van der Waals surface area contributed by atoms with Crippen LogP contribution in [0.25, 0.3) is 72.0 Å². The predicted octanol–water partition coefficient (Wildman–Crippen LogP) is 2.42. The third kappa shape index (κ3) is 7.89. The molecule has 336 valence electrons. The van der Waals surface area contributed by atoms with Gasteiger partial charge in [-0.1, -0.05) is 56.2 Å². The van der Waals surface area contributed by atoms with Crippen molar-refractivity contribution in [1.82, 2.24) is 114 Å². The molecule has 0 aliphatic rings. The Morgan fingerprint density at radius 1 is 0.643 bits per heavy atom. The molecule has 0 fully saturated rings. The van der Waals surface area contributed by atoms with Crippen molar-refractivity contribution in [3.05, 3.63) is 163 Å². The molecule has 12 aromatic rings. The fraction of sp³-hybridized carbons (Fsp3) is 0.0476. The number of nitrogen functional groups attached to an aromatic ring is 2. The van der Waals surface area contributed by atoms with Gasteiger partial charge in [-0.25, -0.2) is 54.2 Å². The second-order valence-corrected chi connectivity index (χ2v) is 14.6. The van der Waals surface area contributed by atoms with Crippen LogP contribution < -0.4 is 16.3 Å². The van der Waals surface area contributed by atoms with Gasteiger partial charge in [-0.3, -0.25) is 0 Å². The minimum Gasteiger partial charge on any atom is -0.368 e. The Morgan fingerprint density at radius 3 is 1.83 bits per heavy atom. The van der Waals surface area contributed by atoms with Gasteiger partial charge in [0.2, 0.25) is 11.9 Å². The highest BCUT2D eigenvalue weighted by molar-refractivity contribution is 5.91. The largest absolute Gasteiger partial charge is 0.368 e. The number of nitrogens with zero attached hydrogens (tertiary/aromatic N) is 26. The molecule has 2 aromatic carbocycles. The lowest BCUT2D eigenvalue weighted by molar-refractivity contribution is -0.825. The molecular formula is C42H29N28+. The van der Waals surface area contributed by atoms with Gasteiger partial charge in [-0.2, -0.15) is 18.9 Å². The molecule has 10 aromatic heterocycles. The average Bonchev–Trinajstić information content (AvgIpc) is 4.27. The standard InChI is InChI=1S/C21H15N14.C21H14N14/c1-23-15-5-2-4-14(10-15)19-18(16-6-8-24-12-25-16)20-28-17(30-35(20)21(22)29-19)11-33-31-26-13-34(33)32-9-3-7-27-32;1-23-14-5-2-4-13(10-14)18-17(15-6-8-24-12-25-15)19-27-16(30-35(19)20(22)28-18)11-34-31-21(29-32-34)33-9-3-7-26-33/h2-10,12-13H,11H2,(H2,22,29);2-10,12H,11H2,(H2,22,28)/q+1;. The number of nitrogens with two attached hydrogens (primary N) is 2. The van der Waals surface area contributed by atoms with Crippen molar-refractivity contribution in [2.75, 3.05) is 11.5 Å². The predicted molar refractivity (Wildman–Crippen MR) is 242 cm³/mol. The zero-order valence-electron chi connectivity index (χ0n) is 35.8. The minimum atomic E-state index is 0.128. The molecule has 12 rings (SSSR count). The molecule has 0 bridgehead atoms. The third-order valence-electron chi connectivity index (χ3n) is 10.2. The number of hydrogen-bond donors (Lipinski definition) is 2. The van der Waals surface area contributed by atoms with Gasteiger partial charge in [0.25, 0.3) is 12.3 Å². The first-order chi connectivity index (χ1) is 34.4.